The van der Waals surface area contributed by atoms with E-state index in [4.69, 9.17) is 4.74 Å². The van der Waals surface area contributed by atoms with Crippen LogP contribution < -0.4 is 10.6 Å². The predicted molar refractivity (Wildman–Crippen MR) is 100 cm³/mol. The summed E-state index contributed by atoms with van der Waals surface area (Å²) in [5.74, 6) is 0.342. The van der Waals surface area contributed by atoms with Gasteiger partial charge in [0.15, 0.2) is 0 Å². The lowest BCUT2D eigenvalue weighted by molar-refractivity contribution is -0.150. The number of rotatable bonds is 3. The summed E-state index contributed by atoms with van der Waals surface area (Å²) in [4.78, 5) is 31.1. The lowest BCUT2D eigenvalue weighted by Gasteiger charge is -2.50. The molecular formula is C20H22N4O3. The molecule has 0 radical (unpaired) electrons. The summed E-state index contributed by atoms with van der Waals surface area (Å²) in [5.41, 5.74) is 0.938. The Morgan fingerprint density at radius 2 is 2.11 bits per heavy atom. The van der Waals surface area contributed by atoms with Gasteiger partial charge in [0, 0.05) is 26.3 Å². The second kappa shape index (κ2) is 7.00. The summed E-state index contributed by atoms with van der Waals surface area (Å²) in [7, 11) is 1.75. The van der Waals surface area contributed by atoms with E-state index in [2.05, 4.69) is 15.6 Å². The van der Waals surface area contributed by atoms with Crippen molar-refractivity contribution in [1.29, 1.82) is 0 Å². The molecule has 140 valence electrons. The summed E-state index contributed by atoms with van der Waals surface area (Å²) in [6.07, 6.45) is 1.94. The molecule has 0 saturated carbocycles. The van der Waals surface area contributed by atoms with Gasteiger partial charge in [0.2, 0.25) is 5.91 Å². The number of benzene rings is 1. The Kier molecular flexibility index (Phi) is 4.53. The molecule has 0 aliphatic carbocycles. The highest BCUT2D eigenvalue weighted by Gasteiger charge is 2.49. The maximum atomic E-state index is 13.1. The van der Waals surface area contributed by atoms with Crippen LogP contribution in [0, 0.1) is 0 Å². The van der Waals surface area contributed by atoms with Gasteiger partial charge in [-0.3, -0.25) is 9.59 Å². The second-order valence-corrected chi connectivity index (χ2v) is 6.84. The van der Waals surface area contributed by atoms with Crippen molar-refractivity contribution in [2.75, 3.05) is 32.1 Å². The van der Waals surface area contributed by atoms with Crippen LogP contribution in [0.15, 0.2) is 48.7 Å². The Hall–Kier alpha value is -2.93. The van der Waals surface area contributed by atoms with E-state index >= 15 is 0 Å². The number of ether oxygens (including phenoxy) is 1. The standard InChI is InChI=1S/C20H22N4O3/c1-21-18-15(8-5-10-22-18)19(26)24-11-9-20(14-6-3-2-4-7-14)16(12-24)27-13-17(25)23-20/h2-8,10,16H,9,11-13H2,1H3,(H,21,22)(H,23,25)/t16-,20+/m1/s1. The average Bonchev–Trinajstić information content (AvgIpc) is 2.73. The number of piperidine rings is 1. The van der Waals surface area contributed by atoms with Gasteiger partial charge in [-0.25, -0.2) is 4.98 Å². The molecule has 2 aromatic rings. The van der Waals surface area contributed by atoms with Crippen molar-refractivity contribution in [3.05, 3.63) is 59.8 Å². The molecule has 7 nitrogen and oxygen atoms in total. The topological polar surface area (TPSA) is 83.6 Å². The van der Waals surface area contributed by atoms with Crippen LogP contribution in [0.3, 0.4) is 0 Å². The fourth-order valence-electron chi connectivity index (χ4n) is 3.99. The van der Waals surface area contributed by atoms with Gasteiger partial charge in [-0.2, -0.15) is 0 Å². The third-order valence-corrected chi connectivity index (χ3v) is 5.34. The van der Waals surface area contributed by atoms with Crippen molar-refractivity contribution in [3.63, 3.8) is 0 Å². The van der Waals surface area contributed by atoms with Gasteiger partial charge in [0.1, 0.15) is 18.5 Å². The molecular weight excluding hydrogens is 344 g/mol. The van der Waals surface area contributed by atoms with E-state index in [1.807, 2.05) is 30.3 Å². The van der Waals surface area contributed by atoms with Gasteiger partial charge in [-0.15, -0.1) is 0 Å². The molecule has 2 saturated heterocycles. The lowest BCUT2D eigenvalue weighted by atomic mass is 9.77. The Balaban J connectivity index is 1.62. The third kappa shape index (κ3) is 3.04. The predicted octanol–water partition coefficient (Wildman–Crippen LogP) is 1.38. The number of hydrogen-bond acceptors (Lipinski definition) is 5. The van der Waals surface area contributed by atoms with E-state index < -0.39 is 5.54 Å². The molecule has 0 spiro atoms. The highest BCUT2D eigenvalue weighted by Crippen LogP contribution is 2.37. The van der Waals surface area contributed by atoms with Gasteiger partial charge < -0.3 is 20.3 Å². The number of pyridine rings is 1. The van der Waals surface area contributed by atoms with E-state index in [0.717, 1.165) is 5.56 Å². The number of nitrogens with one attached hydrogen (secondary N) is 2. The van der Waals surface area contributed by atoms with Gasteiger partial charge in [0.25, 0.3) is 5.91 Å². The number of carbonyl (C=O) groups excluding carboxylic acids is 2. The molecule has 2 amide bonds. The first-order chi connectivity index (χ1) is 13.1. The zero-order valence-electron chi connectivity index (χ0n) is 15.1. The molecule has 7 heteroatoms. The number of morpholine rings is 1. The van der Waals surface area contributed by atoms with Gasteiger partial charge in [-0.1, -0.05) is 30.3 Å². The molecule has 3 heterocycles. The highest BCUT2D eigenvalue weighted by molar-refractivity contribution is 5.98. The first-order valence-corrected chi connectivity index (χ1v) is 9.04. The lowest BCUT2D eigenvalue weighted by Crippen LogP contribution is -2.67. The Morgan fingerprint density at radius 1 is 1.30 bits per heavy atom. The number of aromatic nitrogens is 1. The fourth-order valence-corrected chi connectivity index (χ4v) is 3.99. The minimum Gasteiger partial charge on any atom is -0.372 e. The summed E-state index contributed by atoms with van der Waals surface area (Å²) in [6, 6.07) is 13.4. The van der Waals surface area contributed by atoms with Crippen LogP contribution in [-0.2, 0) is 15.1 Å². The van der Waals surface area contributed by atoms with E-state index in [0.29, 0.717) is 30.9 Å². The van der Waals surface area contributed by atoms with Crippen LogP contribution in [-0.4, -0.2) is 54.5 Å². The van der Waals surface area contributed by atoms with Gasteiger partial charge >= 0.3 is 0 Å². The fraction of sp³-hybridized carbons (Fsp3) is 0.350. The molecule has 4 rings (SSSR count). The molecule has 0 unspecified atom stereocenters. The maximum Gasteiger partial charge on any atom is 0.257 e. The Morgan fingerprint density at radius 3 is 2.89 bits per heavy atom. The minimum atomic E-state index is -0.603. The molecule has 2 aliphatic rings. The number of amides is 2. The van der Waals surface area contributed by atoms with Crippen LogP contribution in [0.25, 0.3) is 0 Å². The normalized spacial score (nSPS) is 24.7. The van der Waals surface area contributed by atoms with E-state index in [-0.39, 0.29) is 24.5 Å². The SMILES string of the molecule is CNc1ncccc1C(=O)N1CC[C@@]2(c3ccccc3)NC(=O)CO[C@@H]2C1. The smallest absolute Gasteiger partial charge is 0.257 e. The van der Waals surface area contributed by atoms with Crippen molar-refractivity contribution >= 4 is 17.6 Å². The summed E-state index contributed by atoms with van der Waals surface area (Å²) < 4.78 is 5.89. The third-order valence-electron chi connectivity index (χ3n) is 5.34. The molecule has 0 bridgehead atoms. The van der Waals surface area contributed by atoms with Gasteiger partial charge in [0.05, 0.1) is 11.1 Å². The summed E-state index contributed by atoms with van der Waals surface area (Å²) in [5, 5.41) is 6.11. The second-order valence-electron chi connectivity index (χ2n) is 6.84. The van der Waals surface area contributed by atoms with Crippen LogP contribution in [0.2, 0.25) is 0 Å². The summed E-state index contributed by atoms with van der Waals surface area (Å²) in [6.45, 7) is 0.938. The molecule has 1 aromatic carbocycles. The van der Waals surface area contributed by atoms with Crippen molar-refractivity contribution in [2.45, 2.75) is 18.1 Å². The van der Waals surface area contributed by atoms with Crippen molar-refractivity contribution in [1.82, 2.24) is 15.2 Å². The number of likely N-dealkylation sites (tertiary alicyclic amines) is 1. The zero-order valence-corrected chi connectivity index (χ0v) is 15.1. The van der Waals surface area contributed by atoms with Crippen molar-refractivity contribution in [3.8, 4) is 0 Å². The molecule has 2 atom stereocenters. The Bertz CT molecular complexity index is 857. The van der Waals surface area contributed by atoms with Crippen LogP contribution in [0.5, 0.6) is 0 Å². The van der Waals surface area contributed by atoms with Crippen LogP contribution in [0.1, 0.15) is 22.3 Å². The first kappa shape index (κ1) is 17.5. The van der Waals surface area contributed by atoms with Crippen LogP contribution >= 0.6 is 0 Å². The number of hydrogen-bond donors (Lipinski definition) is 2. The molecule has 27 heavy (non-hydrogen) atoms. The largest absolute Gasteiger partial charge is 0.372 e. The maximum absolute atomic E-state index is 13.1. The average molecular weight is 366 g/mol. The van der Waals surface area contributed by atoms with Crippen LogP contribution in [0.4, 0.5) is 5.82 Å². The highest BCUT2D eigenvalue weighted by atomic mass is 16.5. The quantitative estimate of drug-likeness (QED) is 0.858. The van der Waals surface area contributed by atoms with Crippen molar-refractivity contribution < 1.29 is 14.3 Å². The van der Waals surface area contributed by atoms with E-state index in [1.165, 1.54) is 0 Å². The zero-order chi connectivity index (χ0) is 18.9. The van der Waals surface area contributed by atoms with Gasteiger partial charge in [-0.05, 0) is 24.1 Å². The number of nitrogens with zero attached hydrogens (tertiary/aromatic N) is 2. The number of carbonyl (C=O) groups is 2. The Labute approximate surface area is 157 Å². The van der Waals surface area contributed by atoms with E-state index in [9.17, 15) is 9.59 Å². The monoisotopic (exact) mass is 366 g/mol. The van der Waals surface area contributed by atoms with E-state index in [1.54, 1.807) is 30.3 Å². The first-order valence-electron chi connectivity index (χ1n) is 9.04. The number of anilines is 1. The summed E-state index contributed by atoms with van der Waals surface area (Å²) >= 11 is 0. The molecule has 2 aliphatic heterocycles. The number of fused-ring (bicyclic) bond motifs is 1. The van der Waals surface area contributed by atoms with Crippen molar-refractivity contribution in [2.24, 2.45) is 0 Å². The molecule has 1 aromatic heterocycles. The minimum absolute atomic E-state index is 0.00986. The molecule has 2 N–H and O–H groups in total. The molecule has 2 fully saturated rings.